The summed E-state index contributed by atoms with van der Waals surface area (Å²) < 4.78 is 10.9. The fourth-order valence-electron chi connectivity index (χ4n) is 4.14. The van der Waals surface area contributed by atoms with Crippen molar-refractivity contribution in [3.05, 3.63) is 84.3 Å². The zero-order chi connectivity index (χ0) is 23.8. The lowest BCUT2D eigenvalue weighted by atomic mass is 10.1. The van der Waals surface area contributed by atoms with Gasteiger partial charge in [0.1, 0.15) is 11.5 Å². The van der Waals surface area contributed by atoms with E-state index in [-0.39, 0.29) is 19.1 Å². The van der Waals surface area contributed by atoms with Crippen LogP contribution in [0, 0.1) is 0 Å². The largest absolute Gasteiger partial charge is 0.497 e. The number of anilines is 1. The zero-order valence-corrected chi connectivity index (χ0v) is 19.3. The second kappa shape index (κ2) is 11.4. The number of nitrogens with zero attached hydrogens (tertiary/aromatic N) is 2. The first kappa shape index (κ1) is 23.4. The van der Waals surface area contributed by atoms with Gasteiger partial charge in [0, 0.05) is 45.0 Å². The molecule has 0 spiro atoms. The molecule has 0 unspecified atom stereocenters. The van der Waals surface area contributed by atoms with Gasteiger partial charge < -0.3 is 24.7 Å². The fourth-order valence-corrected chi connectivity index (χ4v) is 4.14. The number of carbonyl (C=O) groups excluding carboxylic acids is 2. The third kappa shape index (κ3) is 5.96. The third-order valence-corrected chi connectivity index (χ3v) is 6.00. The van der Waals surface area contributed by atoms with Crippen LogP contribution in [0.5, 0.6) is 5.75 Å². The van der Waals surface area contributed by atoms with Gasteiger partial charge in [0.2, 0.25) is 0 Å². The summed E-state index contributed by atoms with van der Waals surface area (Å²) in [5.74, 6) is 0.132. The van der Waals surface area contributed by atoms with Crippen LogP contribution in [0.15, 0.2) is 77.4 Å². The van der Waals surface area contributed by atoms with Crippen LogP contribution < -0.4 is 20.3 Å². The monoisotopic (exact) mass is 462 g/mol. The van der Waals surface area contributed by atoms with Gasteiger partial charge in [-0.05, 0) is 42.0 Å². The van der Waals surface area contributed by atoms with Crippen LogP contribution >= 0.6 is 0 Å². The Morgan fingerprint density at radius 2 is 1.71 bits per heavy atom. The van der Waals surface area contributed by atoms with Gasteiger partial charge in [0.05, 0.1) is 19.4 Å². The Labute approximate surface area is 199 Å². The van der Waals surface area contributed by atoms with Crippen molar-refractivity contribution >= 4 is 17.5 Å². The van der Waals surface area contributed by atoms with Crippen LogP contribution in [0.1, 0.15) is 17.4 Å². The summed E-state index contributed by atoms with van der Waals surface area (Å²) in [4.78, 5) is 29.5. The molecule has 0 radical (unpaired) electrons. The van der Waals surface area contributed by atoms with Gasteiger partial charge in [0.15, 0.2) is 0 Å². The summed E-state index contributed by atoms with van der Waals surface area (Å²) in [5.41, 5.74) is 2.06. The summed E-state index contributed by atoms with van der Waals surface area (Å²) in [6.07, 6.45) is 1.63. The number of amides is 2. The maximum atomic E-state index is 12.5. The van der Waals surface area contributed by atoms with E-state index in [0.29, 0.717) is 5.75 Å². The number of ether oxygens (including phenoxy) is 1. The summed E-state index contributed by atoms with van der Waals surface area (Å²) >= 11 is 0. The number of nitrogens with one attached hydrogen (secondary N) is 2. The Balaban J connectivity index is 1.31. The van der Waals surface area contributed by atoms with Crippen LogP contribution in [0.4, 0.5) is 5.69 Å². The van der Waals surface area contributed by atoms with Gasteiger partial charge in [-0.15, -0.1) is 0 Å². The summed E-state index contributed by atoms with van der Waals surface area (Å²) in [7, 11) is 1.59. The van der Waals surface area contributed by atoms with Crippen molar-refractivity contribution in [3.63, 3.8) is 0 Å². The quantitative estimate of drug-likeness (QED) is 0.501. The average Bonchev–Trinajstić information content (AvgIpc) is 3.43. The first-order chi connectivity index (χ1) is 16.6. The number of piperazine rings is 1. The minimum atomic E-state index is -0.671. The van der Waals surface area contributed by atoms with Crippen LogP contribution in [0.25, 0.3) is 0 Å². The van der Waals surface area contributed by atoms with Crippen LogP contribution in [-0.2, 0) is 16.1 Å². The zero-order valence-electron chi connectivity index (χ0n) is 19.3. The van der Waals surface area contributed by atoms with Crippen molar-refractivity contribution in [2.45, 2.75) is 12.6 Å². The van der Waals surface area contributed by atoms with Gasteiger partial charge in [-0.1, -0.05) is 30.3 Å². The lowest BCUT2D eigenvalue weighted by molar-refractivity contribution is -0.139. The highest BCUT2D eigenvalue weighted by molar-refractivity contribution is 6.35. The first-order valence-corrected chi connectivity index (χ1v) is 11.4. The second-order valence-corrected chi connectivity index (χ2v) is 8.13. The standard InChI is InChI=1S/C26H30N4O4/c1-33-22-10-5-7-20(17-22)18-27-25(31)26(32)28-19-23(24-11-6-16-34-24)30-14-12-29(13-15-30)21-8-3-2-4-9-21/h2-11,16-17,23H,12-15,18-19H2,1H3,(H,27,31)(H,28,32)/t23-/m1/s1. The molecule has 3 aromatic rings. The van der Waals surface area contributed by atoms with Gasteiger partial charge >= 0.3 is 11.8 Å². The topological polar surface area (TPSA) is 87.0 Å². The average molecular weight is 463 g/mol. The van der Waals surface area contributed by atoms with E-state index in [1.807, 2.05) is 54.6 Å². The van der Waals surface area contributed by atoms with Crippen LogP contribution in [0.2, 0.25) is 0 Å². The number of furan rings is 1. The second-order valence-electron chi connectivity index (χ2n) is 8.13. The SMILES string of the molecule is COc1cccc(CNC(=O)C(=O)NC[C@H](c2ccco2)N2CCN(c3ccccc3)CC2)c1. The van der Waals surface area contributed by atoms with Crippen LogP contribution in [0.3, 0.4) is 0 Å². The number of carbonyl (C=O) groups is 2. The van der Waals surface area contributed by atoms with E-state index in [1.165, 1.54) is 5.69 Å². The predicted molar refractivity (Wildman–Crippen MR) is 130 cm³/mol. The third-order valence-electron chi connectivity index (χ3n) is 6.00. The summed E-state index contributed by atoms with van der Waals surface area (Å²) in [6.45, 7) is 3.90. The van der Waals surface area contributed by atoms with E-state index < -0.39 is 11.8 Å². The number of para-hydroxylation sites is 1. The molecule has 34 heavy (non-hydrogen) atoms. The molecule has 1 saturated heterocycles. The molecule has 0 aliphatic carbocycles. The number of methoxy groups -OCH3 is 1. The highest BCUT2D eigenvalue weighted by Gasteiger charge is 2.28. The molecule has 0 bridgehead atoms. The summed E-state index contributed by atoms with van der Waals surface area (Å²) in [5, 5.41) is 5.44. The number of hydrogen-bond donors (Lipinski definition) is 2. The molecule has 1 aromatic heterocycles. The molecule has 0 saturated carbocycles. The molecule has 4 rings (SSSR count). The van der Waals surface area contributed by atoms with E-state index in [4.69, 9.17) is 9.15 Å². The maximum Gasteiger partial charge on any atom is 0.309 e. The van der Waals surface area contributed by atoms with Crippen molar-refractivity contribution in [3.8, 4) is 5.75 Å². The van der Waals surface area contributed by atoms with E-state index in [1.54, 1.807) is 13.4 Å². The highest BCUT2D eigenvalue weighted by Crippen LogP contribution is 2.24. The van der Waals surface area contributed by atoms with Crippen LogP contribution in [-0.4, -0.2) is 56.5 Å². The molecular weight excluding hydrogens is 432 g/mol. The highest BCUT2D eigenvalue weighted by atomic mass is 16.5. The molecule has 8 nitrogen and oxygen atoms in total. The lowest BCUT2D eigenvalue weighted by Crippen LogP contribution is -2.50. The molecule has 1 atom stereocenters. The molecule has 1 aliphatic rings. The van der Waals surface area contributed by atoms with Gasteiger partial charge in [0.25, 0.3) is 0 Å². The summed E-state index contributed by atoms with van der Waals surface area (Å²) in [6, 6.07) is 21.3. The molecule has 178 valence electrons. The van der Waals surface area contributed by atoms with Crippen molar-refractivity contribution in [1.29, 1.82) is 0 Å². The van der Waals surface area contributed by atoms with E-state index in [2.05, 4.69) is 32.6 Å². The molecular formula is C26H30N4O4. The molecule has 1 fully saturated rings. The first-order valence-electron chi connectivity index (χ1n) is 11.4. The van der Waals surface area contributed by atoms with Crippen molar-refractivity contribution in [2.75, 3.05) is 44.7 Å². The Bertz CT molecular complexity index is 1060. The van der Waals surface area contributed by atoms with Crippen molar-refractivity contribution in [2.24, 2.45) is 0 Å². The number of benzene rings is 2. The molecule has 8 heteroatoms. The Hall–Kier alpha value is -3.78. The predicted octanol–water partition coefficient (Wildman–Crippen LogP) is 2.58. The van der Waals surface area contributed by atoms with Gasteiger partial charge in [-0.3, -0.25) is 14.5 Å². The Morgan fingerprint density at radius 3 is 2.41 bits per heavy atom. The van der Waals surface area contributed by atoms with Gasteiger partial charge in [-0.25, -0.2) is 0 Å². The van der Waals surface area contributed by atoms with E-state index in [9.17, 15) is 9.59 Å². The molecule has 2 heterocycles. The smallest absolute Gasteiger partial charge is 0.309 e. The van der Waals surface area contributed by atoms with Crippen molar-refractivity contribution < 1.29 is 18.7 Å². The Kier molecular flexibility index (Phi) is 7.83. The molecule has 2 aromatic carbocycles. The normalized spacial score (nSPS) is 14.9. The van der Waals surface area contributed by atoms with E-state index in [0.717, 1.165) is 37.5 Å². The number of hydrogen-bond acceptors (Lipinski definition) is 6. The fraction of sp³-hybridized carbons (Fsp3) is 0.308. The molecule has 2 amide bonds. The molecule has 2 N–H and O–H groups in total. The molecule has 1 aliphatic heterocycles. The van der Waals surface area contributed by atoms with Crippen molar-refractivity contribution in [1.82, 2.24) is 15.5 Å². The van der Waals surface area contributed by atoms with E-state index >= 15 is 0 Å². The minimum absolute atomic E-state index is 0.150. The Morgan fingerprint density at radius 1 is 0.941 bits per heavy atom. The maximum absolute atomic E-state index is 12.5. The lowest BCUT2D eigenvalue weighted by Gasteiger charge is -2.39. The minimum Gasteiger partial charge on any atom is -0.497 e. The number of rotatable bonds is 8. The van der Waals surface area contributed by atoms with Gasteiger partial charge in [-0.2, -0.15) is 0 Å².